The fourth-order valence-corrected chi connectivity index (χ4v) is 9.65. The third-order valence-electron chi connectivity index (χ3n) is 13.0. The van der Waals surface area contributed by atoms with Crippen molar-refractivity contribution >= 4 is 16.6 Å². The molecular formula is C51H56F3NO5. The summed E-state index contributed by atoms with van der Waals surface area (Å²) >= 11 is 0. The average Bonchev–Trinajstić information content (AvgIpc) is 3.48. The van der Waals surface area contributed by atoms with Gasteiger partial charge in [-0.1, -0.05) is 116 Å². The van der Waals surface area contributed by atoms with Crippen LogP contribution >= 0.6 is 0 Å². The number of nitrogens with zero attached hydrogens (tertiary/aromatic N) is 1. The zero-order valence-electron chi connectivity index (χ0n) is 34.5. The molecule has 5 aromatic rings. The zero-order valence-corrected chi connectivity index (χ0v) is 34.5. The highest BCUT2D eigenvalue weighted by molar-refractivity contribution is 6.10. The Kier molecular flexibility index (Phi) is 13.4. The second-order valence-corrected chi connectivity index (χ2v) is 17.3. The van der Waals surface area contributed by atoms with Gasteiger partial charge in [0.2, 0.25) is 0 Å². The second kappa shape index (κ2) is 18.5. The SMILES string of the molecule is CC1=CCCC2(C)C(CCC2(O)CN(Cc2cccc3ccccc23)CC(O)COCc2ccccc2)c2ccc(cc2C(=O)c2cccc(C(F)(F)F)c2)CC(O)CC1. The number of carbonyl (C=O) groups excluding carboxylic acids is 1. The Morgan fingerprint density at radius 3 is 2.47 bits per heavy atom. The van der Waals surface area contributed by atoms with Crippen molar-refractivity contribution in [2.45, 2.75) is 102 Å². The van der Waals surface area contributed by atoms with Crippen molar-refractivity contribution in [1.82, 2.24) is 4.90 Å². The number of ketones is 1. The fourth-order valence-electron chi connectivity index (χ4n) is 9.65. The Labute approximate surface area is 351 Å². The number of hydrogen-bond donors (Lipinski definition) is 3. The van der Waals surface area contributed by atoms with Crippen molar-refractivity contribution in [1.29, 1.82) is 0 Å². The standard InChI is InChI=1S/C51H56F3NO5/c1-35-11-10-25-49(2)47(45-23-21-37(27-42(56)22-20-35)28-46(45)48(58)39-16-9-18-41(29-39)51(52,53)54)24-26-50(49,59)34-55(30-40-17-8-15-38-14-6-7-19-44(38)40)31-43(57)33-60-32-36-12-4-3-5-13-36/h3-9,11-19,21,23,28-29,42-43,47,56-57,59H,10,20,22,24-27,30-34H2,1-2H3. The molecule has 316 valence electrons. The molecule has 2 bridgehead atoms. The van der Waals surface area contributed by atoms with Crippen LogP contribution in [0.1, 0.15) is 102 Å². The first-order chi connectivity index (χ1) is 28.7. The predicted octanol–water partition coefficient (Wildman–Crippen LogP) is 10.2. The van der Waals surface area contributed by atoms with E-state index in [-0.39, 0.29) is 31.2 Å². The predicted molar refractivity (Wildman–Crippen MR) is 230 cm³/mol. The molecule has 3 aliphatic rings. The van der Waals surface area contributed by atoms with E-state index >= 15 is 0 Å². The van der Waals surface area contributed by atoms with Gasteiger partial charge >= 0.3 is 6.18 Å². The number of benzene rings is 5. The summed E-state index contributed by atoms with van der Waals surface area (Å²) in [7, 11) is 0. The first kappa shape index (κ1) is 43.4. The van der Waals surface area contributed by atoms with E-state index in [1.807, 2.05) is 60.7 Å². The van der Waals surface area contributed by atoms with E-state index in [1.54, 1.807) is 6.07 Å². The number of alkyl halides is 3. The van der Waals surface area contributed by atoms with E-state index in [4.69, 9.17) is 4.74 Å². The van der Waals surface area contributed by atoms with E-state index in [1.165, 1.54) is 12.1 Å². The molecule has 0 saturated heterocycles. The average molecular weight is 820 g/mol. The van der Waals surface area contributed by atoms with Gasteiger partial charge in [0, 0.05) is 36.2 Å². The number of halogens is 3. The van der Waals surface area contributed by atoms with Gasteiger partial charge in [-0.25, -0.2) is 0 Å². The molecule has 60 heavy (non-hydrogen) atoms. The molecule has 9 heteroatoms. The Morgan fingerprint density at radius 1 is 0.917 bits per heavy atom. The Morgan fingerprint density at radius 2 is 1.67 bits per heavy atom. The lowest BCUT2D eigenvalue weighted by molar-refractivity contribution is -0.137. The van der Waals surface area contributed by atoms with Crippen LogP contribution in [0.25, 0.3) is 10.8 Å². The minimum absolute atomic E-state index is 0.0665. The van der Waals surface area contributed by atoms with Crippen molar-refractivity contribution in [2.75, 3.05) is 19.7 Å². The second-order valence-electron chi connectivity index (χ2n) is 17.3. The number of fused-ring (bicyclic) bond motifs is 9. The van der Waals surface area contributed by atoms with Crippen LogP contribution in [0, 0.1) is 5.41 Å². The van der Waals surface area contributed by atoms with Gasteiger partial charge < -0.3 is 20.1 Å². The van der Waals surface area contributed by atoms with Gasteiger partial charge in [-0.2, -0.15) is 13.2 Å². The first-order valence-corrected chi connectivity index (χ1v) is 21.1. The number of carbonyl (C=O) groups is 1. The molecule has 5 aromatic carbocycles. The maximum atomic E-state index is 14.5. The first-order valence-electron chi connectivity index (χ1n) is 21.1. The topological polar surface area (TPSA) is 90.2 Å². The number of ether oxygens (including phenoxy) is 1. The quantitative estimate of drug-likeness (QED) is 0.0858. The fraction of sp³-hybridized carbons (Fsp3) is 0.392. The maximum absolute atomic E-state index is 14.5. The minimum Gasteiger partial charge on any atom is -0.393 e. The van der Waals surface area contributed by atoms with Crippen molar-refractivity contribution < 1.29 is 38.0 Å². The molecule has 0 aromatic heterocycles. The van der Waals surface area contributed by atoms with Crippen LogP contribution in [-0.2, 0) is 30.5 Å². The highest BCUT2D eigenvalue weighted by Gasteiger charge is 2.57. The lowest BCUT2D eigenvalue weighted by atomic mass is 9.64. The van der Waals surface area contributed by atoms with E-state index in [0.717, 1.165) is 45.2 Å². The molecule has 0 radical (unpaired) electrons. The molecule has 0 spiro atoms. The van der Waals surface area contributed by atoms with Crippen LogP contribution in [0.5, 0.6) is 0 Å². The van der Waals surface area contributed by atoms with Crippen molar-refractivity contribution in [3.05, 3.63) is 166 Å². The molecule has 1 fully saturated rings. The Hall–Kier alpha value is -4.64. The molecule has 0 heterocycles. The Bertz CT molecular complexity index is 2290. The molecule has 5 unspecified atom stereocenters. The van der Waals surface area contributed by atoms with Crippen molar-refractivity contribution in [2.24, 2.45) is 5.41 Å². The van der Waals surface area contributed by atoms with Gasteiger partial charge in [-0.15, -0.1) is 0 Å². The summed E-state index contributed by atoms with van der Waals surface area (Å²) in [6.45, 7) is 5.52. The van der Waals surface area contributed by atoms with Crippen LogP contribution in [-0.4, -0.2) is 63.5 Å². The van der Waals surface area contributed by atoms with Crippen LogP contribution in [0.15, 0.2) is 127 Å². The molecule has 6 nitrogen and oxygen atoms in total. The summed E-state index contributed by atoms with van der Waals surface area (Å²) in [4.78, 5) is 16.6. The lowest BCUT2D eigenvalue weighted by Gasteiger charge is -2.46. The van der Waals surface area contributed by atoms with Crippen molar-refractivity contribution in [3.63, 3.8) is 0 Å². The maximum Gasteiger partial charge on any atom is 0.416 e. The molecule has 5 atom stereocenters. The molecule has 0 amide bonds. The summed E-state index contributed by atoms with van der Waals surface area (Å²) in [5.41, 5.74) is 1.85. The van der Waals surface area contributed by atoms with Crippen LogP contribution < -0.4 is 0 Å². The number of hydrogen-bond acceptors (Lipinski definition) is 6. The zero-order chi connectivity index (χ0) is 42.5. The van der Waals surface area contributed by atoms with Gasteiger partial charge in [0.25, 0.3) is 0 Å². The summed E-state index contributed by atoms with van der Waals surface area (Å²) in [5, 5.41) is 38.0. The highest BCUT2D eigenvalue weighted by atomic mass is 19.4. The smallest absolute Gasteiger partial charge is 0.393 e. The monoisotopic (exact) mass is 819 g/mol. The number of aliphatic hydroxyl groups is 3. The molecule has 3 N–H and O–H groups in total. The van der Waals surface area contributed by atoms with E-state index in [9.17, 15) is 33.3 Å². The lowest BCUT2D eigenvalue weighted by Crippen LogP contribution is -2.53. The van der Waals surface area contributed by atoms with Crippen LogP contribution in [0.3, 0.4) is 0 Å². The van der Waals surface area contributed by atoms with Crippen LogP contribution in [0.4, 0.5) is 13.2 Å². The molecule has 8 rings (SSSR count). The number of rotatable bonds is 12. The number of aliphatic hydroxyl groups excluding tert-OH is 2. The van der Waals surface area contributed by atoms with Gasteiger partial charge in [0.1, 0.15) is 0 Å². The van der Waals surface area contributed by atoms with Gasteiger partial charge in [-0.3, -0.25) is 9.69 Å². The van der Waals surface area contributed by atoms with E-state index in [0.29, 0.717) is 69.2 Å². The number of allylic oxidation sites excluding steroid dienone is 2. The van der Waals surface area contributed by atoms with Crippen LogP contribution in [0.2, 0.25) is 0 Å². The largest absolute Gasteiger partial charge is 0.416 e. The summed E-state index contributed by atoms with van der Waals surface area (Å²) in [6.07, 6.45) is -0.312. The van der Waals surface area contributed by atoms with E-state index < -0.39 is 40.7 Å². The summed E-state index contributed by atoms with van der Waals surface area (Å²) in [6, 6.07) is 34.2. The third-order valence-corrected chi connectivity index (χ3v) is 13.0. The van der Waals surface area contributed by atoms with Gasteiger partial charge in [0.15, 0.2) is 5.78 Å². The molecular weight excluding hydrogens is 764 g/mol. The normalized spacial score (nSPS) is 23.0. The molecule has 1 saturated carbocycles. The van der Waals surface area contributed by atoms with Gasteiger partial charge in [0.05, 0.1) is 36.6 Å². The van der Waals surface area contributed by atoms with Gasteiger partial charge in [-0.05, 0) is 109 Å². The Balaban J connectivity index is 1.26. The highest BCUT2D eigenvalue weighted by Crippen LogP contribution is 2.59. The summed E-state index contributed by atoms with van der Waals surface area (Å²) in [5.74, 6) is -0.856. The summed E-state index contributed by atoms with van der Waals surface area (Å²) < 4.78 is 47.6. The van der Waals surface area contributed by atoms with E-state index in [2.05, 4.69) is 49.1 Å². The molecule has 0 aliphatic heterocycles. The minimum atomic E-state index is -4.62. The van der Waals surface area contributed by atoms with Crippen molar-refractivity contribution in [3.8, 4) is 0 Å². The third kappa shape index (κ3) is 9.93. The molecule has 3 aliphatic carbocycles.